The molecule has 0 saturated carbocycles. The van der Waals surface area contributed by atoms with E-state index in [1.54, 1.807) is 6.07 Å². The minimum absolute atomic E-state index is 0.0000496. The number of hydrogen-bond acceptors (Lipinski definition) is 7. The summed E-state index contributed by atoms with van der Waals surface area (Å²) >= 11 is 0. The number of aryl methyl sites for hydroxylation is 1. The summed E-state index contributed by atoms with van der Waals surface area (Å²) in [5.41, 5.74) is 2.19. The van der Waals surface area contributed by atoms with Gasteiger partial charge in [0.05, 0.1) is 5.52 Å². The van der Waals surface area contributed by atoms with Crippen LogP contribution in [0.1, 0.15) is 79.6 Å². The lowest BCUT2D eigenvalue weighted by atomic mass is 9.82. The van der Waals surface area contributed by atoms with Crippen molar-refractivity contribution >= 4 is 39.4 Å². The lowest BCUT2D eigenvalue weighted by molar-refractivity contribution is 0.0462. The summed E-state index contributed by atoms with van der Waals surface area (Å²) in [7, 11) is 2.22. The second-order valence-corrected chi connectivity index (χ2v) is 12.4. The second-order valence-electron chi connectivity index (χ2n) is 12.4. The fourth-order valence-corrected chi connectivity index (χ4v) is 7.18. The van der Waals surface area contributed by atoms with Gasteiger partial charge in [0.15, 0.2) is 5.69 Å². The van der Waals surface area contributed by atoms with Gasteiger partial charge in [-0.2, -0.15) is 5.10 Å². The van der Waals surface area contributed by atoms with Gasteiger partial charge in [0.25, 0.3) is 11.8 Å². The van der Waals surface area contributed by atoms with Crippen LogP contribution in [0.3, 0.4) is 0 Å². The van der Waals surface area contributed by atoms with Gasteiger partial charge in [0, 0.05) is 66.8 Å². The number of anilines is 1. The van der Waals surface area contributed by atoms with Crippen LogP contribution in [0.5, 0.6) is 0 Å². The zero-order chi connectivity index (χ0) is 31.5. The molecule has 238 valence electrons. The van der Waals surface area contributed by atoms with E-state index in [1.807, 2.05) is 47.1 Å². The van der Waals surface area contributed by atoms with Gasteiger partial charge in [-0.1, -0.05) is 24.6 Å². The molecule has 2 aliphatic heterocycles. The number of hydrogen-bond donors (Lipinski definition) is 2. The Balaban J connectivity index is 1.04. The number of nitrogens with one attached hydrogen (secondary N) is 2. The summed E-state index contributed by atoms with van der Waals surface area (Å²) in [6.07, 6.45) is 7.08. The molecule has 0 radical (unpaired) electrons. The molecule has 10 nitrogen and oxygen atoms in total. The molecule has 2 aromatic carbocycles. The Bertz CT molecular complexity index is 1730. The molecule has 4 heterocycles. The van der Waals surface area contributed by atoms with Crippen molar-refractivity contribution in [2.24, 2.45) is 0 Å². The Morgan fingerprint density at radius 2 is 1.76 bits per heavy atom. The molecule has 0 spiro atoms. The number of unbranched alkanes of at least 4 members (excludes halogenated alkanes) is 1. The first-order chi connectivity index (χ1) is 21.9. The van der Waals surface area contributed by atoms with Gasteiger partial charge in [0.1, 0.15) is 11.1 Å². The topological polar surface area (TPSA) is 113 Å². The smallest absolute Gasteiger partial charge is 0.349 e. The van der Waals surface area contributed by atoms with E-state index in [0.717, 1.165) is 48.9 Å². The predicted molar refractivity (Wildman–Crippen MR) is 177 cm³/mol. The molecular formula is C35H44N6O4. The van der Waals surface area contributed by atoms with Gasteiger partial charge in [0.2, 0.25) is 0 Å². The van der Waals surface area contributed by atoms with Crippen molar-refractivity contribution in [3.63, 3.8) is 0 Å². The third kappa shape index (κ3) is 6.47. The maximum Gasteiger partial charge on any atom is 0.349 e. The van der Waals surface area contributed by atoms with E-state index < -0.39 is 11.5 Å². The number of fused-ring (bicyclic) bond motifs is 4. The van der Waals surface area contributed by atoms with Crippen LogP contribution in [-0.2, 0) is 6.54 Å². The molecule has 2 N–H and O–H groups in total. The molecular weight excluding hydrogens is 568 g/mol. The summed E-state index contributed by atoms with van der Waals surface area (Å²) in [5.74, 6) is -0.552. The van der Waals surface area contributed by atoms with E-state index in [0.29, 0.717) is 48.3 Å². The van der Waals surface area contributed by atoms with Crippen LogP contribution >= 0.6 is 0 Å². The van der Waals surface area contributed by atoms with Crippen molar-refractivity contribution in [3.05, 3.63) is 70.2 Å². The zero-order valence-electron chi connectivity index (χ0n) is 26.6. The van der Waals surface area contributed by atoms with E-state index in [1.165, 1.54) is 19.3 Å². The van der Waals surface area contributed by atoms with E-state index in [9.17, 15) is 14.4 Å². The minimum Gasteiger partial charge on any atom is -0.422 e. The van der Waals surface area contributed by atoms with E-state index in [4.69, 9.17) is 9.52 Å². The molecule has 3 atom stereocenters. The Kier molecular flexibility index (Phi) is 9.21. The molecule has 2 amide bonds. The largest absolute Gasteiger partial charge is 0.422 e. The number of carbonyl (C=O) groups excluding carboxylic acids is 2. The van der Waals surface area contributed by atoms with Crippen LogP contribution in [0.15, 0.2) is 57.7 Å². The molecule has 2 aliphatic rings. The highest BCUT2D eigenvalue weighted by Crippen LogP contribution is 2.33. The summed E-state index contributed by atoms with van der Waals surface area (Å²) in [5, 5.41) is 12.5. The van der Waals surface area contributed by atoms with E-state index in [-0.39, 0.29) is 17.5 Å². The first kappa shape index (κ1) is 30.8. The first-order valence-corrected chi connectivity index (χ1v) is 16.5. The third-order valence-electron chi connectivity index (χ3n) is 9.72. The number of benzene rings is 2. The number of amides is 2. The SMILES string of the molecule is CCN(CC)c1ccc2cc(C(=O)NCCCCn3nc(C(=O)NC4C[C@H]5CCC[C@@H](C4)N5C)c4ccccc43)c(=O)oc2c1. The van der Waals surface area contributed by atoms with Gasteiger partial charge >= 0.3 is 5.63 Å². The van der Waals surface area contributed by atoms with Crippen molar-refractivity contribution in [1.82, 2.24) is 25.3 Å². The average Bonchev–Trinajstić information content (AvgIpc) is 3.40. The summed E-state index contributed by atoms with van der Waals surface area (Å²) < 4.78 is 7.41. The molecule has 45 heavy (non-hydrogen) atoms. The average molecular weight is 613 g/mol. The first-order valence-electron chi connectivity index (χ1n) is 16.5. The summed E-state index contributed by atoms with van der Waals surface area (Å²) in [6.45, 7) is 6.85. The number of carbonyl (C=O) groups is 2. The highest BCUT2D eigenvalue weighted by Gasteiger charge is 2.37. The van der Waals surface area contributed by atoms with E-state index in [2.05, 4.69) is 41.3 Å². The Labute approximate surface area is 263 Å². The number of aromatic nitrogens is 2. The van der Waals surface area contributed by atoms with Crippen molar-refractivity contribution < 1.29 is 14.0 Å². The van der Waals surface area contributed by atoms with Gasteiger partial charge in [-0.05, 0) is 83.7 Å². The van der Waals surface area contributed by atoms with Crippen LogP contribution in [0.2, 0.25) is 0 Å². The van der Waals surface area contributed by atoms with Gasteiger partial charge < -0.3 is 24.9 Å². The predicted octanol–water partition coefficient (Wildman–Crippen LogP) is 4.94. The molecule has 2 aromatic heterocycles. The third-order valence-corrected chi connectivity index (χ3v) is 9.72. The molecule has 10 heteroatoms. The number of rotatable bonds is 11. The van der Waals surface area contributed by atoms with Crippen molar-refractivity contribution in [2.45, 2.75) is 83.5 Å². The second kappa shape index (κ2) is 13.4. The van der Waals surface area contributed by atoms with E-state index >= 15 is 0 Å². The van der Waals surface area contributed by atoms with Crippen LogP contribution in [-0.4, -0.2) is 71.3 Å². The molecule has 0 aliphatic carbocycles. The van der Waals surface area contributed by atoms with Crippen molar-refractivity contribution in [2.75, 3.05) is 31.6 Å². The normalized spacial score (nSPS) is 19.9. The number of nitrogens with zero attached hydrogens (tertiary/aromatic N) is 4. The quantitative estimate of drug-likeness (QED) is 0.182. The standard InChI is InChI=1S/C35H44N6O4/c1-4-40(5-2)27-16-15-23-19-29(35(44)45-31(23)22-27)33(42)36-17-8-9-18-41-30-14-7-6-13-28(30)32(38-41)34(43)37-24-20-25-11-10-12-26(21-24)39(25)3/h6-7,13-16,19,22,24-26H,4-5,8-12,17-18,20-21H2,1-3H3,(H,36,42)(H,37,43)/t24?,25-,26+. The zero-order valence-corrected chi connectivity index (χ0v) is 26.6. The van der Waals surface area contributed by atoms with Crippen LogP contribution in [0.4, 0.5) is 5.69 Å². The molecule has 2 bridgehead atoms. The van der Waals surface area contributed by atoms with Crippen LogP contribution < -0.4 is 21.2 Å². The Hall–Kier alpha value is -4.18. The minimum atomic E-state index is -0.644. The molecule has 4 aromatic rings. The van der Waals surface area contributed by atoms with Crippen molar-refractivity contribution in [1.29, 1.82) is 0 Å². The van der Waals surface area contributed by atoms with Gasteiger partial charge in [-0.3, -0.25) is 14.3 Å². The molecule has 6 rings (SSSR count). The maximum atomic E-state index is 13.4. The lowest BCUT2D eigenvalue weighted by Crippen LogP contribution is -2.55. The summed E-state index contributed by atoms with van der Waals surface area (Å²) in [4.78, 5) is 43.6. The monoisotopic (exact) mass is 612 g/mol. The van der Waals surface area contributed by atoms with Gasteiger partial charge in [-0.15, -0.1) is 0 Å². The highest BCUT2D eigenvalue weighted by atomic mass is 16.4. The molecule has 2 saturated heterocycles. The fourth-order valence-electron chi connectivity index (χ4n) is 7.18. The number of para-hydroxylation sites is 1. The fraction of sp³-hybridized carbons (Fsp3) is 0.486. The maximum absolute atomic E-state index is 13.4. The number of piperidine rings is 2. The van der Waals surface area contributed by atoms with Crippen LogP contribution in [0, 0.1) is 0 Å². The lowest BCUT2D eigenvalue weighted by Gasteiger charge is -2.47. The van der Waals surface area contributed by atoms with Crippen LogP contribution in [0.25, 0.3) is 21.9 Å². The highest BCUT2D eigenvalue weighted by molar-refractivity contribution is 6.05. The van der Waals surface area contributed by atoms with Crippen molar-refractivity contribution in [3.8, 4) is 0 Å². The Morgan fingerprint density at radius 3 is 2.51 bits per heavy atom. The molecule has 1 unspecified atom stereocenters. The Morgan fingerprint density at radius 1 is 1.00 bits per heavy atom. The van der Waals surface area contributed by atoms with Gasteiger partial charge in [-0.25, -0.2) is 4.79 Å². The summed E-state index contributed by atoms with van der Waals surface area (Å²) in [6, 6.07) is 16.4. The molecule has 2 fully saturated rings.